The molecule has 14 heavy (non-hydrogen) atoms. The first kappa shape index (κ1) is 8.29. The van der Waals surface area contributed by atoms with Gasteiger partial charge in [-0.25, -0.2) is 0 Å². The van der Waals surface area contributed by atoms with E-state index in [2.05, 4.69) is 36.4 Å². The highest BCUT2D eigenvalue weighted by molar-refractivity contribution is 5.66. The first-order valence-corrected chi connectivity index (χ1v) is 6.64. The quantitative estimate of drug-likeness (QED) is 0.434. The van der Waals surface area contributed by atoms with Crippen LogP contribution in [0.3, 0.4) is 0 Å². The molecule has 0 amide bonds. The van der Waals surface area contributed by atoms with Crippen LogP contribution in [0.4, 0.5) is 5.69 Å². The molecule has 0 atom stereocenters. The van der Waals surface area contributed by atoms with Crippen molar-refractivity contribution in [2.24, 2.45) is 0 Å². The van der Waals surface area contributed by atoms with E-state index >= 15 is 0 Å². The summed E-state index contributed by atoms with van der Waals surface area (Å²) in [5.41, 5.74) is 9.47. The standard InChI is InChI=1S/C12H9IN/c14-8-5-6-10-9-3-1-2-4-11(9)13-12(10)7-8/h1-7H,14H2/q+1. The zero-order valence-electron chi connectivity index (χ0n) is 7.50. The van der Waals surface area contributed by atoms with Gasteiger partial charge < -0.3 is 5.73 Å². The van der Waals surface area contributed by atoms with Crippen molar-refractivity contribution in [2.45, 2.75) is 0 Å². The van der Waals surface area contributed by atoms with Crippen molar-refractivity contribution in [1.29, 1.82) is 0 Å². The van der Waals surface area contributed by atoms with Crippen molar-refractivity contribution in [1.82, 2.24) is 0 Å². The summed E-state index contributed by atoms with van der Waals surface area (Å²) < 4.78 is 2.98. The molecule has 2 aromatic rings. The molecule has 0 bridgehead atoms. The Labute approximate surface area is 93.2 Å². The van der Waals surface area contributed by atoms with Crippen molar-refractivity contribution in [3.8, 4) is 11.1 Å². The third kappa shape index (κ3) is 1.14. The minimum atomic E-state index is 0.00600. The van der Waals surface area contributed by atoms with Crippen molar-refractivity contribution in [3.63, 3.8) is 0 Å². The van der Waals surface area contributed by atoms with Gasteiger partial charge in [0.05, 0.1) is 0 Å². The highest BCUT2D eigenvalue weighted by Crippen LogP contribution is 2.23. The van der Waals surface area contributed by atoms with Crippen molar-refractivity contribution >= 4 is 5.69 Å². The fraction of sp³-hybridized carbons (Fsp3) is 0. The fourth-order valence-corrected chi connectivity index (χ4v) is 4.75. The lowest BCUT2D eigenvalue weighted by atomic mass is 10.1. The number of fused-ring (bicyclic) bond motifs is 3. The maximum Gasteiger partial charge on any atom is 0.359 e. The van der Waals surface area contributed by atoms with Crippen LogP contribution in [0.25, 0.3) is 11.1 Å². The first-order valence-electron chi connectivity index (χ1n) is 4.48. The Balaban J connectivity index is 2.27. The Bertz CT molecular complexity index is 505. The van der Waals surface area contributed by atoms with Crippen LogP contribution in [0.1, 0.15) is 0 Å². The molecule has 1 aliphatic heterocycles. The van der Waals surface area contributed by atoms with Gasteiger partial charge in [0.15, 0.2) is 0 Å². The molecule has 0 unspecified atom stereocenters. The Morgan fingerprint density at radius 1 is 0.857 bits per heavy atom. The molecule has 0 spiro atoms. The van der Waals surface area contributed by atoms with E-state index in [1.807, 2.05) is 6.07 Å². The summed E-state index contributed by atoms with van der Waals surface area (Å²) in [5, 5.41) is 0. The molecule has 3 rings (SSSR count). The van der Waals surface area contributed by atoms with E-state index in [0.717, 1.165) is 5.69 Å². The van der Waals surface area contributed by atoms with Gasteiger partial charge in [-0.2, -0.15) is 0 Å². The largest absolute Gasteiger partial charge is 0.399 e. The normalized spacial score (nSPS) is 12.3. The summed E-state index contributed by atoms with van der Waals surface area (Å²) >= 11 is 0.00600. The summed E-state index contributed by atoms with van der Waals surface area (Å²) in [7, 11) is 0. The second-order valence-corrected chi connectivity index (χ2v) is 6.18. The SMILES string of the molecule is Nc1ccc2c(c1)[I+]c1ccccc1-2. The first-order chi connectivity index (χ1) is 6.84. The lowest BCUT2D eigenvalue weighted by molar-refractivity contribution is -0.589. The molecule has 0 fully saturated rings. The van der Waals surface area contributed by atoms with Crippen LogP contribution < -0.4 is 26.9 Å². The van der Waals surface area contributed by atoms with Gasteiger partial charge in [-0.15, -0.1) is 0 Å². The molecule has 0 aromatic heterocycles. The van der Waals surface area contributed by atoms with E-state index in [9.17, 15) is 0 Å². The third-order valence-corrected chi connectivity index (χ3v) is 5.36. The maximum absolute atomic E-state index is 5.78. The Kier molecular flexibility index (Phi) is 1.77. The number of halogens is 1. The number of hydrogen-bond acceptors (Lipinski definition) is 1. The van der Waals surface area contributed by atoms with Crippen LogP contribution in [0.2, 0.25) is 0 Å². The number of nitrogens with two attached hydrogens (primary N) is 1. The third-order valence-electron chi connectivity index (χ3n) is 2.36. The van der Waals surface area contributed by atoms with Gasteiger partial charge in [0.2, 0.25) is 7.14 Å². The molecule has 1 aliphatic rings. The number of benzene rings is 2. The Morgan fingerprint density at radius 2 is 1.64 bits per heavy atom. The summed E-state index contributed by atoms with van der Waals surface area (Å²) in [6.45, 7) is 0. The highest BCUT2D eigenvalue weighted by Gasteiger charge is 2.32. The molecule has 2 aromatic carbocycles. The van der Waals surface area contributed by atoms with Crippen LogP contribution >= 0.6 is 0 Å². The minimum Gasteiger partial charge on any atom is -0.399 e. The predicted octanol–water partition coefficient (Wildman–Crippen LogP) is -0.622. The van der Waals surface area contributed by atoms with Gasteiger partial charge in [-0.1, -0.05) is 12.1 Å². The Morgan fingerprint density at radius 3 is 2.57 bits per heavy atom. The smallest absolute Gasteiger partial charge is 0.359 e. The summed E-state index contributed by atoms with van der Waals surface area (Å²) in [6.07, 6.45) is 0. The molecule has 1 nitrogen and oxygen atoms in total. The van der Waals surface area contributed by atoms with Gasteiger partial charge in [-0.05, 0) is 24.3 Å². The monoisotopic (exact) mass is 294 g/mol. The van der Waals surface area contributed by atoms with Crippen LogP contribution in [0.15, 0.2) is 42.5 Å². The molecule has 0 radical (unpaired) electrons. The molecule has 2 N–H and O–H groups in total. The fourth-order valence-electron chi connectivity index (χ4n) is 1.70. The molecular formula is C12H9IN+. The van der Waals surface area contributed by atoms with Crippen LogP contribution in [-0.2, 0) is 0 Å². The van der Waals surface area contributed by atoms with Crippen molar-refractivity contribution in [2.75, 3.05) is 5.73 Å². The lowest BCUT2D eigenvalue weighted by Crippen LogP contribution is -3.61. The zero-order valence-corrected chi connectivity index (χ0v) is 9.65. The minimum absolute atomic E-state index is 0.00600. The zero-order chi connectivity index (χ0) is 9.54. The van der Waals surface area contributed by atoms with Gasteiger partial charge in [0.1, 0.15) is 0 Å². The number of nitrogen functional groups attached to an aromatic ring is 1. The topological polar surface area (TPSA) is 26.0 Å². The lowest BCUT2D eigenvalue weighted by Gasteiger charge is -1.94. The molecular weight excluding hydrogens is 285 g/mol. The number of hydrogen-bond donors (Lipinski definition) is 1. The molecule has 0 saturated carbocycles. The highest BCUT2D eigenvalue weighted by atomic mass is 127. The van der Waals surface area contributed by atoms with Gasteiger partial charge in [0, 0.05) is 22.9 Å². The number of anilines is 1. The average Bonchev–Trinajstić information content (AvgIpc) is 2.54. The van der Waals surface area contributed by atoms with E-state index in [-0.39, 0.29) is 21.2 Å². The molecule has 0 saturated heterocycles. The molecule has 0 aliphatic carbocycles. The van der Waals surface area contributed by atoms with Crippen LogP contribution in [-0.4, -0.2) is 0 Å². The maximum atomic E-state index is 5.78. The number of rotatable bonds is 0. The average molecular weight is 294 g/mol. The predicted molar refractivity (Wildman–Crippen MR) is 53.7 cm³/mol. The van der Waals surface area contributed by atoms with Gasteiger partial charge >= 0.3 is 21.2 Å². The van der Waals surface area contributed by atoms with E-state index < -0.39 is 0 Å². The summed E-state index contributed by atoms with van der Waals surface area (Å²) in [6, 6.07) is 14.9. The van der Waals surface area contributed by atoms with E-state index in [1.165, 1.54) is 18.3 Å². The summed E-state index contributed by atoms with van der Waals surface area (Å²) in [5.74, 6) is 0. The van der Waals surface area contributed by atoms with Gasteiger partial charge in [0.25, 0.3) is 0 Å². The second-order valence-electron chi connectivity index (χ2n) is 3.31. The van der Waals surface area contributed by atoms with E-state index in [0.29, 0.717) is 0 Å². The second kappa shape index (κ2) is 2.98. The van der Waals surface area contributed by atoms with Crippen LogP contribution in [0, 0.1) is 7.14 Å². The summed E-state index contributed by atoms with van der Waals surface area (Å²) in [4.78, 5) is 0. The van der Waals surface area contributed by atoms with Crippen molar-refractivity contribution < 1.29 is 21.2 Å². The molecule has 68 valence electrons. The van der Waals surface area contributed by atoms with E-state index in [1.54, 1.807) is 0 Å². The van der Waals surface area contributed by atoms with Crippen molar-refractivity contribution in [3.05, 3.63) is 49.6 Å². The van der Waals surface area contributed by atoms with E-state index in [4.69, 9.17) is 5.73 Å². The Hall–Kier alpha value is -1.03. The molecule has 1 heterocycles. The van der Waals surface area contributed by atoms with Crippen LogP contribution in [0.5, 0.6) is 0 Å². The van der Waals surface area contributed by atoms with Gasteiger partial charge in [-0.3, -0.25) is 0 Å². The molecule has 2 heteroatoms.